The van der Waals surface area contributed by atoms with Gasteiger partial charge in [0.2, 0.25) is 0 Å². The molecule has 0 amide bonds. The third kappa shape index (κ3) is 2.15. The summed E-state index contributed by atoms with van der Waals surface area (Å²) in [4.78, 5) is 0. The normalized spacial score (nSPS) is 33.8. The maximum Gasteiger partial charge on any atom is 0.0701 e. The molecule has 0 saturated heterocycles. The third-order valence-electron chi connectivity index (χ3n) is 3.93. The summed E-state index contributed by atoms with van der Waals surface area (Å²) in [5.41, 5.74) is 1.43. The lowest BCUT2D eigenvalue weighted by atomic mass is 9.95. The summed E-state index contributed by atoms with van der Waals surface area (Å²) >= 11 is 5.29. The number of rotatable bonds is 3. The van der Waals surface area contributed by atoms with Crippen LogP contribution in [0.3, 0.4) is 0 Å². The van der Waals surface area contributed by atoms with E-state index in [0.717, 1.165) is 24.4 Å². The zero-order valence-corrected chi connectivity index (χ0v) is 11.1. The van der Waals surface area contributed by atoms with Gasteiger partial charge in [-0.2, -0.15) is 0 Å². The van der Waals surface area contributed by atoms with E-state index in [1.165, 1.54) is 35.0 Å². The Morgan fingerprint density at radius 3 is 2.93 bits per heavy atom. The first-order chi connectivity index (χ1) is 7.31. The minimum absolute atomic E-state index is 0.808. The van der Waals surface area contributed by atoms with Crippen LogP contribution in [0.2, 0.25) is 0 Å². The van der Waals surface area contributed by atoms with Crippen LogP contribution in [0.1, 0.15) is 31.2 Å². The molecule has 0 aliphatic heterocycles. The molecule has 1 nitrogen and oxygen atoms in total. The first-order valence-corrected chi connectivity index (χ1v) is 7.45. The highest BCUT2D eigenvalue weighted by Crippen LogP contribution is 2.44. The molecule has 15 heavy (non-hydrogen) atoms. The lowest BCUT2D eigenvalue weighted by molar-refractivity contribution is 0.351. The van der Waals surface area contributed by atoms with Crippen LogP contribution in [0.4, 0.5) is 0 Å². The third-order valence-corrected chi connectivity index (χ3v) is 5.48. The molecule has 3 atom stereocenters. The molecule has 2 fully saturated rings. The largest absolute Gasteiger partial charge is 0.310 e. The van der Waals surface area contributed by atoms with Crippen LogP contribution in [-0.2, 0) is 6.54 Å². The van der Waals surface area contributed by atoms with Crippen LogP contribution in [0.15, 0.2) is 15.2 Å². The first-order valence-electron chi connectivity index (χ1n) is 5.77. The maximum atomic E-state index is 3.73. The van der Waals surface area contributed by atoms with Crippen molar-refractivity contribution in [3.05, 3.63) is 20.8 Å². The van der Waals surface area contributed by atoms with Gasteiger partial charge in [0, 0.05) is 12.6 Å². The molecule has 3 unspecified atom stereocenters. The summed E-state index contributed by atoms with van der Waals surface area (Å²) in [7, 11) is 0. The maximum absolute atomic E-state index is 3.73. The predicted molar refractivity (Wildman–Crippen MR) is 68.1 cm³/mol. The lowest BCUT2D eigenvalue weighted by Gasteiger charge is -2.22. The van der Waals surface area contributed by atoms with Crippen LogP contribution in [0, 0.1) is 11.8 Å². The van der Waals surface area contributed by atoms with Crippen molar-refractivity contribution in [3.63, 3.8) is 0 Å². The summed E-state index contributed by atoms with van der Waals surface area (Å²) < 4.78 is 1.24. The van der Waals surface area contributed by atoms with E-state index in [4.69, 9.17) is 0 Å². The van der Waals surface area contributed by atoms with Gasteiger partial charge in [-0.05, 0) is 64.0 Å². The molecule has 3 rings (SSSR count). The van der Waals surface area contributed by atoms with Gasteiger partial charge in [0.15, 0.2) is 0 Å². The van der Waals surface area contributed by atoms with Gasteiger partial charge in [-0.15, -0.1) is 11.3 Å². The van der Waals surface area contributed by atoms with E-state index in [2.05, 4.69) is 32.7 Å². The molecule has 2 bridgehead atoms. The highest BCUT2D eigenvalue weighted by Gasteiger charge is 2.38. The predicted octanol–water partition coefficient (Wildman–Crippen LogP) is 3.79. The summed E-state index contributed by atoms with van der Waals surface area (Å²) in [5, 5.41) is 5.97. The van der Waals surface area contributed by atoms with Crippen molar-refractivity contribution in [1.29, 1.82) is 0 Å². The summed E-state index contributed by atoms with van der Waals surface area (Å²) in [6.45, 7) is 1.05. The Morgan fingerprint density at radius 2 is 2.33 bits per heavy atom. The SMILES string of the molecule is Brc1cc(CNC2CC3CCC2C3)cs1. The Balaban J connectivity index is 1.54. The molecule has 2 aliphatic rings. The standard InChI is InChI=1S/C12H16BrNS/c13-12-5-9(7-15-12)6-14-11-4-8-1-2-10(11)3-8/h5,7-8,10-11,14H,1-4,6H2. The van der Waals surface area contributed by atoms with Crippen molar-refractivity contribution in [2.75, 3.05) is 0 Å². The number of thiophene rings is 1. The van der Waals surface area contributed by atoms with Crippen molar-refractivity contribution in [1.82, 2.24) is 5.32 Å². The van der Waals surface area contributed by atoms with Crippen molar-refractivity contribution in [2.24, 2.45) is 11.8 Å². The van der Waals surface area contributed by atoms with Gasteiger partial charge in [0.25, 0.3) is 0 Å². The Labute approximate surface area is 103 Å². The fourth-order valence-electron chi connectivity index (χ4n) is 3.18. The fraction of sp³-hybridized carbons (Fsp3) is 0.667. The lowest BCUT2D eigenvalue weighted by Crippen LogP contribution is -2.33. The Hall–Kier alpha value is 0.140. The van der Waals surface area contributed by atoms with Crippen LogP contribution >= 0.6 is 27.3 Å². The Morgan fingerprint density at radius 1 is 1.40 bits per heavy atom. The summed E-state index contributed by atoms with van der Waals surface area (Å²) in [6.07, 6.45) is 5.88. The van der Waals surface area contributed by atoms with E-state index in [0.29, 0.717) is 0 Å². The molecule has 1 heterocycles. The van der Waals surface area contributed by atoms with Crippen LogP contribution < -0.4 is 5.32 Å². The van der Waals surface area contributed by atoms with Gasteiger partial charge in [0.1, 0.15) is 0 Å². The smallest absolute Gasteiger partial charge is 0.0701 e. The average Bonchev–Trinajstić information content (AvgIpc) is 2.90. The van der Waals surface area contributed by atoms with Crippen molar-refractivity contribution in [3.8, 4) is 0 Å². The van der Waals surface area contributed by atoms with Gasteiger partial charge in [0.05, 0.1) is 3.79 Å². The molecule has 0 radical (unpaired) electrons. The van der Waals surface area contributed by atoms with E-state index in [1.807, 2.05) is 0 Å². The van der Waals surface area contributed by atoms with Crippen LogP contribution in [0.5, 0.6) is 0 Å². The second kappa shape index (κ2) is 4.19. The van der Waals surface area contributed by atoms with E-state index in [1.54, 1.807) is 11.3 Å². The number of halogens is 1. The highest BCUT2D eigenvalue weighted by molar-refractivity contribution is 9.11. The van der Waals surface area contributed by atoms with Gasteiger partial charge >= 0.3 is 0 Å². The molecule has 3 heteroatoms. The van der Waals surface area contributed by atoms with E-state index < -0.39 is 0 Å². The van der Waals surface area contributed by atoms with Gasteiger partial charge in [-0.25, -0.2) is 0 Å². The average molecular weight is 286 g/mol. The van der Waals surface area contributed by atoms with Gasteiger partial charge < -0.3 is 5.32 Å². The minimum atomic E-state index is 0.808. The monoisotopic (exact) mass is 285 g/mol. The van der Waals surface area contributed by atoms with Crippen LogP contribution in [0.25, 0.3) is 0 Å². The fourth-order valence-corrected chi connectivity index (χ4v) is 4.39. The van der Waals surface area contributed by atoms with Crippen LogP contribution in [-0.4, -0.2) is 6.04 Å². The number of nitrogens with one attached hydrogen (secondary N) is 1. The van der Waals surface area contributed by atoms with Crippen molar-refractivity contribution < 1.29 is 0 Å². The van der Waals surface area contributed by atoms with Gasteiger partial charge in [-0.3, -0.25) is 0 Å². The summed E-state index contributed by atoms with van der Waals surface area (Å²) in [6, 6.07) is 3.03. The second-order valence-corrected chi connectivity index (χ2v) is 7.21. The zero-order valence-electron chi connectivity index (χ0n) is 8.71. The van der Waals surface area contributed by atoms with E-state index in [9.17, 15) is 0 Å². The highest BCUT2D eigenvalue weighted by atomic mass is 79.9. The molecule has 82 valence electrons. The van der Waals surface area contributed by atoms with Crippen molar-refractivity contribution in [2.45, 2.75) is 38.3 Å². The van der Waals surface area contributed by atoms with Crippen molar-refractivity contribution >= 4 is 27.3 Å². The molecule has 2 saturated carbocycles. The topological polar surface area (TPSA) is 12.0 Å². The molecular weight excluding hydrogens is 270 g/mol. The zero-order chi connectivity index (χ0) is 10.3. The molecular formula is C12H16BrNS. The quantitative estimate of drug-likeness (QED) is 0.891. The Bertz CT molecular complexity index is 349. The number of hydrogen-bond donors (Lipinski definition) is 1. The van der Waals surface area contributed by atoms with E-state index >= 15 is 0 Å². The molecule has 1 N–H and O–H groups in total. The molecule has 1 aromatic heterocycles. The summed E-state index contributed by atoms with van der Waals surface area (Å²) in [5.74, 6) is 2.03. The van der Waals surface area contributed by atoms with Gasteiger partial charge in [-0.1, -0.05) is 6.42 Å². The second-order valence-electron chi connectivity index (χ2n) is 4.92. The molecule has 1 aromatic rings. The first kappa shape index (κ1) is 10.3. The number of hydrogen-bond acceptors (Lipinski definition) is 2. The Kier molecular flexibility index (Phi) is 2.88. The number of fused-ring (bicyclic) bond motifs is 2. The molecule has 0 spiro atoms. The molecule has 2 aliphatic carbocycles. The minimum Gasteiger partial charge on any atom is -0.310 e. The van der Waals surface area contributed by atoms with E-state index in [-0.39, 0.29) is 0 Å². The molecule has 0 aromatic carbocycles.